The number of hydrogen-bond donors (Lipinski definition) is 1. The number of imide groups is 1. The zero-order valence-electron chi connectivity index (χ0n) is 20.3. The highest BCUT2D eigenvalue weighted by atomic mass is 127. The van der Waals surface area contributed by atoms with E-state index in [1.807, 2.05) is 44.2 Å². The van der Waals surface area contributed by atoms with Crippen LogP contribution in [0.2, 0.25) is 0 Å². The summed E-state index contributed by atoms with van der Waals surface area (Å²) < 4.78 is 12.8. The minimum atomic E-state index is -0.509. The lowest BCUT2D eigenvalue weighted by atomic mass is 10.1. The molecule has 3 aromatic rings. The highest BCUT2D eigenvalue weighted by Gasteiger charge is 2.36. The number of benzene rings is 3. The van der Waals surface area contributed by atoms with Crippen molar-refractivity contribution in [2.75, 3.05) is 18.5 Å². The van der Waals surface area contributed by atoms with Crippen LogP contribution >= 0.6 is 34.4 Å². The molecule has 190 valence electrons. The molecule has 1 aliphatic rings. The van der Waals surface area contributed by atoms with E-state index in [-0.39, 0.29) is 11.4 Å². The number of anilines is 1. The van der Waals surface area contributed by atoms with Crippen LogP contribution in [0, 0.1) is 10.5 Å². The van der Waals surface area contributed by atoms with Crippen LogP contribution in [-0.2, 0) is 16.2 Å². The fraction of sp³-hybridized carbons (Fsp3) is 0.179. The first-order valence-electron chi connectivity index (χ1n) is 11.6. The van der Waals surface area contributed by atoms with Gasteiger partial charge in [0.25, 0.3) is 11.1 Å². The van der Waals surface area contributed by atoms with Gasteiger partial charge in [-0.15, -0.1) is 0 Å². The summed E-state index contributed by atoms with van der Waals surface area (Å²) in [5, 5.41) is 2.22. The Labute approximate surface area is 233 Å². The average Bonchev–Trinajstić information content (AvgIpc) is 3.12. The summed E-state index contributed by atoms with van der Waals surface area (Å²) in [6.07, 6.45) is 1.62. The van der Waals surface area contributed by atoms with Gasteiger partial charge in [0, 0.05) is 9.26 Å². The maximum atomic E-state index is 12.9. The first-order valence-corrected chi connectivity index (χ1v) is 13.5. The predicted octanol–water partition coefficient (Wildman–Crippen LogP) is 6.25. The number of hydrogen-bond acceptors (Lipinski definition) is 6. The molecule has 1 fully saturated rings. The van der Waals surface area contributed by atoms with Gasteiger partial charge in [0.15, 0.2) is 11.5 Å². The van der Waals surface area contributed by atoms with Gasteiger partial charge in [-0.2, -0.15) is 0 Å². The summed E-state index contributed by atoms with van der Waals surface area (Å²) >= 11 is 2.97. The van der Waals surface area contributed by atoms with Crippen molar-refractivity contribution in [2.24, 2.45) is 0 Å². The van der Waals surface area contributed by atoms with E-state index in [0.717, 1.165) is 31.4 Å². The molecule has 0 bridgehead atoms. The van der Waals surface area contributed by atoms with Gasteiger partial charge in [0.1, 0.15) is 13.2 Å². The van der Waals surface area contributed by atoms with Crippen molar-refractivity contribution in [3.05, 3.63) is 91.9 Å². The minimum absolute atomic E-state index is 0.239. The number of aryl methyl sites for hydroxylation is 1. The number of ether oxygens (including phenoxy) is 2. The molecule has 0 atom stereocenters. The number of nitrogens with zero attached hydrogens (tertiary/aromatic N) is 1. The molecule has 1 saturated heterocycles. The molecule has 4 rings (SSSR count). The molecule has 7 nitrogen and oxygen atoms in total. The number of nitrogens with one attached hydrogen (secondary N) is 1. The molecule has 0 aliphatic carbocycles. The third kappa shape index (κ3) is 7.14. The van der Waals surface area contributed by atoms with Crippen molar-refractivity contribution in [2.45, 2.75) is 20.5 Å². The number of halogens is 1. The minimum Gasteiger partial charge on any atom is -0.490 e. The molecule has 9 heteroatoms. The fourth-order valence-corrected chi connectivity index (χ4v) is 4.83. The largest absolute Gasteiger partial charge is 0.490 e. The van der Waals surface area contributed by atoms with Crippen molar-refractivity contribution in [3.63, 3.8) is 0 Å². The molecule has 1 aliphatic heterocycles. The first-order chi connectivity index (χ1) is 17.8. The van der Waals surface area contributed by atoms with Crippen LogP contribution in [0.1, 0.15) is 23.6 Å². The van der Waals surface area contributed by atoms with E-state index in [1.165, 1.54) is 0 Å². The number of amides is 3. The summed E-state index contributed by atoms with van der Waals surface area (Å²) in [5.74, 6) is 0.171. The maximum Gasteiger partial charge on any atom is 0.294 e. The fourth-order valence-electron chi connectivity index (χ4n) is 3.63. The SMILES string of the molecule is CCOc1cc(/C=C2\SC(=O)N(CC(=O)Nc3ccc(I)cc3)C2=O)ccc1OCc1cccc(C)c1. The van der Waals surface area contributed by atoms with Crippen molar-refractivity contribution < 1.29 is 23.9 Å². The van der Waals surface area contributed by atoms with Gasteiger partial charge in [-0.3, -0.25) is 19.3 Å². The quantitative estimate of drug-likeness (QED) is 0.223. The van der Waals surface area contributed by atoms with Crippen molar-refractivity contribution in [3.8, 4) is 11.5 Å². The summed E-state index contributed by atoms with van der Waals surface area (Å²) in [7, 11) is 0. The molecule has 3 amide bonds. The van der Waals surface area contributed by atoms with E-state index in [2.05, 4.69) is 34.0 Å². The second-order valence-corrected chi connectivity index (χ2v) is 10.5. The molecule has 0 saturated carbocycles. The van der Waals surface area contributed by atoms with Crippen LogP contribution in [0.3, 0.4) is 0 Å². The molecule has 0 aromatic heterocycles. The lowest BCUT2D eigenvalue weighted by Gasteiger charge is -2.13. The lowest BCUT2D eigenvalue weighted by Crippen LogP contribution is -2.36. The van der Waals surface area contributed by atoms with E-state index >= 15 is 0 Å². The van der Waals surface area contributed by atoms with E-state index in [9.17, 15) is 14.4 Å². The van der Waals surface area contributed by atoms with Gasteiger partial charge in [-0.1, -0.05) is 35.9 Å². The van der Waals surface area contributed by atoms with Crippen molar-refractivity contribution >= 4 is 63.2 Å². The topological polar surface area (TPSA) is 84.9 Å². The zero-order valence-corrected chi connectivity index (χ0v) is 23.3. The third-order valence-electron chi connectivity index (χ3n) is 5.35. The van der Waals surface area contributed by atoms with Gasteiger partial charge in [0.2, 0.25) is 5.91 Å². The van der Waals surface area contributed by atoms with Crippen LogP contribution in [0.15, 0.2) is 71.6 Å². The Morgan fingerprint density at radius 3 is 2.54 bits per heavy atom. The molecule has 0 radical (unpaired) electrons. The van der Waals surface area contributed by atoms with Crippen molar-refractivity contribution in [1.29, 1.82) is 0 Å². The number of thioether (sulfide) groups is 1. The molecular weight excluding hydrogens is 603 g/mol. The van der Waals surface area contributed by atoms with Crippen LogP contribution in [0.5, 0.6) is 11.5 Å². The molecule has 1 heterocycles. The first kappa shape index (κ1) is 26.7. The van der Waals surface area contributed by atoms with Gasteiger partial charge in [-0.25, -0.2) is 0 Å². The summed E-state index contributed by atoms with van der Waals surface area (Å²) in [6, 6.07) is 20.7. The molecular formula is C28H25IN2O5S. The maximum absolute atomic E-state index is 12.9. The van der Waals surface area contributed by atoms with Crippen LogP contribution in [0.4, 0.5) is 10.5 Å². The van der Waals surface area contributed by atoms with Crippen LogP contribution in [0.25, 0.3) is 6.08 Å². The molecule has 0 unspecified atom stereocenters. The van der Waals surface area contributed by atoms with Crippen LogP contribution in [-0.4, -0.2) is 35.1 Å². The lowest BCUT2D eigenvalue weighted by molar-refractivity contribution is -0.127. The van der Waals surface area contributed by atoms with Gasteiger partial charge in [-0.05, 0) is 102 Å². The Kier molecular flexibility index (Phi) is 8.88. The normalized spacial score (nSPS) is 14.2. The van der Waals surface area contributed by atoms with E-state index in [4.69, 9.17) is 9.47 Å². The smallest absolute Gasteiger partial charge is 0.294 e. The number of carbonyl (C=O) groups excluding carboxylic acids is 3. The summed E-state index contributed by atoms with van der Waals surface area (Å²) in [6.45, 7) is 4.39. The van der Waals surface area contributed by atoms with E-state index in [0.29, 0.717) is 36.0 Å². The Morgan fingerprint density at radius 2 is 1.81 bits per heavy atom. The second-order valence-electron chi connectivity index (χ2n) is 8.24. The molecule has 37 heavy (non-hydrogen) atoms. The van der Waals surface area contributed by atoms with Gasteiger partial charge >= 0.3 is 0 Å². The van der Waals surface area contributed by atoms with E-state index in [1.54, 1.807) is 36.4 Å². The Bertz CT molecular complexity index is 1360. The molecule has 0 spiro atoms. The van der Waals surface area contributed by atoms with Crippen LogP contribution < -0.4 is 14.8 Å². The third-order valence-corrected chi connectivity index (χ3v) is 6.97. The monoisotopic (exact) mass is 628 g/mol. The van der Waals surface area contributed by atoms with E-state index < -0.39 is 17.1 Å². The Hall–Kier alpha value is -3.31. The summed E-state index contributed by atoms with van der Waals surface area (Å²) in [4.78, 5) is 39.0. The highest BCUT2D eigenvalue weighted by molar-refractivity contribution is 14.1. The Morgan fingerprint density at radius 1 is 1.03 bits per heavy atom. The second kappa shape index (κ2) is 12.3. The molecule has 3 aromatic carbocycles. The average molecular weight is 628 g/mol. The number of rotatable bonds is 9. The molecule has 1 N–H and O–H groups in total. The summed E-state index contributed by atoms with van der Waals surface area (Å²) in [5.41, 5.74) is 3.48. The highest BCUT2D eigenvalue weighted by Crippen LogP contribution is 2.35. The van der Waals surface area contributed by atoms with Gasteiger partial charge < -0.3 is 14.8 Å². The number of carbonyl (C=O) groups is 3. The van der Waals surface area contributed by atoms with Crippen molar-refractivity contribution in [1.82, 2.24) is 4.90 Å². The Balaban J connectivity index is 1.44. The predicted molar refractivity (Wildman–Crippen MR) is 154 cm³/mol. The van der Waals surface area contributed by atoms with Gasteiger partial charge in [0.05, 0.1) is 11.5 Å². The standard InChI is InChI=1S/C28H25IN2O5S/c1-3-35-24-14-19(7-12-23(24)36-17-20-6-4-5-18(2)13-20)15-25-27(33)31(28(34)37-25)16-26(32)30-22-10-8-21(29)9-11-22/h4-15H,3,16-17H2,1-2H3,(H,30,32)/b25-15-. The zero-order chi connectivity index (χ0) is 26.4.